The van der Waals surface area contributed by atoms with E-state index in [9.17, 15) is 9.59 Å². The van der Waals surface area contributed by atoms with E-state index >= 15 is 0 Å². The predicted octanol–water partition coefficient (Wildman–Crippen LogP) is 3.35. The van der Waals surface area contributed by atoms with Crippen molar-refractivity contribution in [1.29, 1.82) is 0 Å². The van der Waals surface area contributed by atoms with E-state index in [0.29, 0.717) is 11.4 Å². The van der Waals surface area contributed by atoms with Gasteiger partial charge in [0.15, 0.2) is 0 Å². The highest BCUT2D eigenvalue weighted by Crippen LogP contribution is 2.17. The van der Waals surface area contributed by atoms with Crippen LogP contribution < -0.4 is 10.1 Å². The Hall–Kier alpha value is -3.08. The fourth-order valence-corrected chi connectivity index (χ4v) is 1.98. The van der Waals surface area contributed by atoms with Crippen molar-refractivity contribution in [2.45, 2.75) is 6.92 Å². The molecule has 0 atom stereocenters. The Bertz CT molecular complexity index is 765. The molecule has 0 saturated carbocycles. The first-order valence-electron chi connectivity index (χ1n) is 6.96. The number of aromatic carboxylic acids is 1. The molecule has 2 N–H and O–H groups in total. The fourth-order valence-electron chi connectivity index (χ4n) is 1.98. The van der Waals surface area contributed by atoms with Crippen LogP contribution in [-0.2, 0) is 4.79 Å². The van der Waals surface area contributed by atoms with Crippen LogP contribution in [0.5, 0.6) is 5.75 Å². The molecule has 0 heterocycles. The number of hydrogen-bond donors (Lipinski definition) is 2. The number of ether oxygens (including phenoxy) is 1. The first-order valence-corrected chi connectivity index (χ1v) is 6.96. The molecule has 2 aromatic rings. The molecule has 0 spiro atoms. The summed E-state index contributed by atoms with van der Waals surface area (Å²) in [5.74, 6) is -0.663. The number of benzene rings is 2. The molecule has 2 rings (SSSR count). The van der Waals surface area contributed by atoms with E-state index in [1.165, 1.54) is 18.2 Å². The summed E-state index contributed by atoms with van der Waals surface area (Å²) >= 11 is 0. The van der Waals surface area contributed by atoms with Crippen molar-refractivity contribution in [1.82, 2.24) is 0 Å². The summed E-state index contributed by atoms with van der Waals surface area (Å²) in [7, 11) is 1.58. The molecular weight excluding hydrogens is 294 g/mol. The van der Waals surface area contributed by atoms with Gasteiger partial charge >= 0.3 is 5.97 Å². The number of amides is 1. The van der Waals surface area contributed by atoms with Gasteiger partial charge in [-0.2, -0.15) is 0 Å². The molecule has 118 valence electrons. The van der Waals surface area contributed by atoms with Gasteiger partial charge < -0.3 is 15.2 Å². The van der Waals surface area contributed by atoms with Gasteiger partial charge in [0.2, 0.25) is 5.91 Å². The van der Waals surface area contributed by atoms with Crippen molar-refractivity contribution in [3.05, 3.63) is 65.2 Å². The second-order valence-corrected chi connectivity index (χ2v) is 4.93. The zero-order chi connectivity index (χ0) is 16.8. The van der Waals surface area contributed by atoms with E-state index in [4.69, 9.17) is 9.84 Å². The smallest absolute Gasteiger partial charge is 0.335 e. The summed E-state index contributed by atoms with van der Waals surface area (Å²) < 4.78 is 5.12. The molecular formula is C18H17NO4. The summed E-state index contributed by atoms with van der Waals surface area (Å²) in [6, 6.07) is 11.9. The van der Waals surface area contributed by atoms with Crippen LogP contribution in [0, 0.1) is 6.92 Å². The molecule has 0 saturated heterocycles. The lowest BCUT2D eigenvalue weighted by Crippen LogP contribution is -2.10. The summed E-state index contributed by atoms with van der Waals surface area (Å²) in [5, 5.41) is 11.7. The van der Waals surface area contributed by atoms with Gasteiger partial charge in [-0.25, -0.2) is 4.79 Å². The third-order valence-electron chi connectivity index (χ3n) is 3.26. The molecule has 0 aliphatic carbocycles. The van der Waals surface area contributed by atoms with Crippen molar-refractivity contribution in [2.75, 3.05) is 12.4 Å². The Morgan fingerprint density at radius 3 is 2.65 bits per heavy atom. The van der Waals surface area contributed by atoms with Gasteiger partial charge in [0.25, 0.3) is 0 Å². The number of aryl methyl sites for hydroxylation is 1. The van der Waals surface area contributed by atoms with E-state index in [-0.39, 0.29) is 11.5 Å². The molecule has 0 aliphatic heterocycles. The van der Waals surface area contributed by atoms with E-state index in [2.05, 4.69) is 5.32 Å². The fraction of sp³-hybridized carbons (Fsp3) is 0.111. The number of carbonyl (C=O) groups excluding carboxylic acids is 1. The van der Waals surface area contributed by atoms with Crippen LogP contribution in [0.15, 0.2) is 48.5 Å². The lowest BCUT2D eigenvalue weighted by atomic mass is 10.1. The standard InChI is InChI=1S/C18H17NO4/c1-12-6-8-14(18(21)22)11-16(12)19-17(20)9-7-13-4-3-5-15(10-13)23-2/h3-11H,1-2H3,(H,19,20)(H,21,22)/b9-7+. The second kappa shape index (κ2) is 7.26. The quantitative estimate of drug-likeness (QED) is 0.830. The molecule has 0 fully saturated rings. The SMILES string of the molecule is COc1cccc(/C=C/C(=O)Nc2cc(C(=O)O)ccc2C)c1. The largest absolute Gasteiger partial charge is 0.497 e. The van der Waals surface area contributed by atoms with Crippen molar-refractivity contribution in [3.63, 3.8) is 0 Å². The third kappa shape index (κ3) is 4.44. The Kier molecular flexibility index (Phi) is 5.15. The van der Waals surface area contributed by atoms with Crippen LogP contribution in [0.4, 0.5) is 5.69 Å². The van der Waals surface area contributed by atoms with E-state index in [1.54, 1.807) is 32.2 Å². The third-order valence-corrected chi connectivity index (χ3v) is 3.26. The molecule has 0 aliphatic rings. The number of carboxylic acid groups (broad SMARTS) is 1. The lowest BCUT2D eigenvalue weighted by Gasteiger charge is -2.07. The maximum absolute atomic E-state index is 12.0. The van der Waals surface area contributed by atoms with Crippen LogP contribution in [0.3, 0.4) is 0 Å². The Morgan fingerprint density at radius 2 is 1.96 bits per heavy atom. The Morgan fingerprint density at radius 1 is 1.17 bits per heavy atom. The number of methoxy groups -OCH3 is 1. The van der Waals surface area contributed by atoms with Gasteiger partial charge in [0.05, 0.1) is 12.7 Å². The van der Waals surface area contributed by atoms with Crippen molar-refractivity contribution >= 4 is 23.6 Å². The summed E-state index contributed by atoms with van der Waals surface area (Å²) in [6.45, 7) is 1.80. The van der Waals surface area contributed by atoms with Crippen LogP contribution >= 0.6 is 0 Å². The zero-order valence-corrected chi connectivity index (χ0v) is 12.9. The lowest BCUT2D eigenvalue weighted by molar-refractivity contribution is -0.111. The van der Waals surface area contributed by atoms with Gasteiger partial charge in [-0.05, 0) is 48.4 Å². The summed E-state index contributed by atoms with van der Waals surface area (Å²) in [6.07, 6.45) is 3.05. The minimum atomic E-state index is -1.03. The average Bonchev–Trinajstić information content (AvgIpc) is 2.55. The predicted molar refractivity (Wildman–Crippen MR) is 88.8 cm³/mol. The number of nitrogens with one attached hydrogen (secondary N) is 1. The van der Waals surface area contributed by atoms with E-state index in [0.717, 1.165) is 11.1 Å². The highest BCUT2D eigenvalue weighted by molar-refractivity contribution is 6.03. The molecule has 0 bridgehead atoms. The zero-order valence-electron chi connectivity index (χ0n) is 12.9. The molecule has 2 aromatic carbocycles. The van der Waals surface area contributed by atoms with Gasteiger partial charge in [0.1, 0.15) is 5.75 Å². The number of hydrogen-bond acceptors (Lipinski definition) is 3. The number of anilines is 1. The summed E-state index contributed by atoms with van der Waals surface area (Å²) in [5.41, 5.74) is 2.22. The second-order valence-electron chi connectivity index (χ2n) is 4.93. The van der Waals surface area contributed by atoms with Crippen molar-refractivity contribution in [2.24, 2.45) is 0 Å². The van der Waals surface area contributed by atoms with Gasteiger partial charge in [-0.3, -0.25) is 4.79 Å². The minimum Gasteiger partial charge on any atom is -0.497 e. The van der Waals surface area contributed by atoms with E-state index in [1.807, 2.05) is 18.2 Å². The number of rotatable bonds is 5. The Balaban J connectivity index is 2.11. The van der Waals surface area contributed by atoms with Gasteiger partial charge in [-0.1, -0.05) is 18.2 Å². The molecule has 1 amide bonds. The molecule has 5 heteroatoms. The van der Waals surface area contributed by atoms with Crippen LogP contribution in [-0.4, -0.2) is 24.1 Å². The first kappa shape index (κ1) is 16.3. The number of carboxylic acids is 1. The normalized spacial score (nSPS) is 10.5. The van der Waals surface area contributed by atoms with Gasteiger partial charge in [0, 0.05) is 11.8 Å². The maximum Gasteiger partial charge on any atom is 0.335 e. The highest BCUT2D eigenvalue weighted by Gasteiger charge is 2.07. The summed E-state index contributed by atoms with van der Waals surface area (Å²) in [4.78, 5) is 23.0. The maximum atomic E-state index is 12.0. The van der Waals surface area contributed by atoms with Crippen molar-refractivity contribution in [3.8, 4) is 5.75 Å². The molecule has 0 aromatic heterocycles. The molecule has 5 nitrogen and oxygen atoms in total. The average molecular weight is 311 g/mol. The molecule has 0 radical (unpaired) electrons. The first-order chi connectivity index (χ1) is 11.0. The topological polar surface area (TPSA) is 75.6 Å². The molecule has 23 heavy (non-hydrogen) atoms. The van der Waals surface area contributed by atoms with Gasteiger partial charge in [-0.15, -0.1) is 0 Å². The Labute approximate surface area is 134 Å². The minimum absolute atomic E-state index is 0.127. The van der Waals surface area contributed by atoms with Crippen LogP contribution in [0.2, 0.25) is 0 Å². The van der Waals surface area contributed by atoms with E-state index < -0.39 is 5.97 Å². The monoisotopic (exact) mass is 311 g/mol. The number of carbonyl (C=O) groups is 2. The highest BCUT2D eigenvalue weighted by atomic mass is 16.5. The van der Waals surface area contributed by atoms with Crippen LogP contribution in [0.1, 0.15) is 21.5 Å². The van der Waals surface area contributed by atoms with Crippen molar-refractivity contribution < 1.29 is 19.4 Å². The molecule has 0 unspecified atom stereocenters. The van der Waals surface area contributed by atoms with Crippen LogP contribution in [0.25, 0.3) is 6.08 Å².